The average Bonchev–Trinajstić information content (AvgIpc) is 3.31. The van der Waals surface area contributed by atoms with Crippen LogP contribution in [0.25, 0.3) is 11.0 Å². The topological polar surface area (TPSA) is 46.9 Å². The van der Waals surface area contributed by atoms with E-state index in [0.29, 0.717) is 18.0 Å². The minimum absolute atomic E-state index is 0.0304. The number of rotatable bonds is 22. The lowest BCUT2D eigenvalue weighted by atomic mass is 10.0. The highest BCUT2D eigenvalue weighted by Gasteiger charge is 2.11. The number of aryl methyl sites for hydroxylation is 1. The zero-order valence-corrected chi connectivity index (χ0v) is 25.7. The number of fused-ring (bicyclic) bond motifs is 1. The van der Waals surface area contributed by atoms with Crippen molar-refractivity contribution in [1.82, 2.24) is 14.9 Å². The molecule has 1 aromatic heterocycles. The molecule has 0 saturated heterocycles. The minimum Gasteiger partial charge on any atom is -0.355 e. The molecule has 1 heterocycles. The highest BCUT2D eigenvalue weighted by molar-refractivity contribution is 6.30. The van der Waals surface area contributed by atoms with Gasteiger partial charge in [-0.15, -0.1) is 0 Å². The Kier molecular flexibility index (Phi) is 15.8. The zero-order chi connectivity index (χ0) is 28.3. The number of hydrogen-bond acceptors (Lipinski definition) is 2. The van der Waals surface area contributed by atoms with E-state index in [9.17, 15) is 4.79 Å². The third kappa shape index (κ3) is 12.5. The van der Waals surface area contributed by atoms with Crippen LogP contribution in [0.5, 0.6) is 0 Å². The fourth-order valence-corrected chi connectivity index (χ4v) is 5.67. The van der Waals surface area contributed by atoms with E-state index in [0.717, 1.165) is 29.9 Å². The van der Waals surface area contributed by atoms with Gasteiger partial charge in [0.15, 0.2) is 0 Å². The Bertz CT molecular complexity index is 1090. The quantitative estimate of drug-likeness (QED) is 0.123. The standard InChI is InChI=1S/C35H52ClN3O/c1-2-3-4-5-6-7-8-9-10-11-12-13-14-15-16-19-28-39-33-21-18-17-20-32(33)38-34(39)26-27-37-35(40)29-30-22-24-31(36)25-23-30/h17-18,20-25H,2-16,19,26-29H2,1H3,(H,37,40). The predicted octanol–water partition coefficient (Wildman–Crippen LogP) is 9.85. The summed E-state index contributed by atoms with van der Waals surface area (Å²) >= 11 is 5.95. The number of unbranched alkanes of at least 4 members (excludes halogenated alkanes) is 15. The van der Waals surface area contributed by atoms with E-state index in [4.69, 9.17) is 16.6 Å². The van der Waals surface area contributed by atoms with Gasteiger partial charge in [0, 0.05) is 24.5 Å². The number of amides is 1. The number of hydrogen-bond donors (Lipinski definition) is 1. The first kappa shape index (κ1) is 32.2. The SMILES string of the molecule is CCCCCCCCCCCCCCCCCCn1c(CCNC(=O)Cc2ccc(Cl)cc2)nc2ccccc21. The van der Waals surface area contributed by atoms with Crippen LogP contribution in [0.4, 0.5) is 0 Å². The Balaban J connectivity index is 1.27. The molecule has 0 aliphatic rings. The molecular formula is C35H52ClN3O. The summed E-state index contributed by atoms with van der Waals surface area (Å²) in [5.74, 6) is 1.09. The molecule has 3 rings (SSSR count). The largest absolute Gasteiger partial charge is 0.355 e. The van der Waals surface area contributed by atoms with E-state index in [1.807, 2.05) is 30.3 Å². The summed E-state index contributed by atoms with van der Waals surface area (Å²) in [5.41, 5.74) is 3.21. The smallest absolute Gasteiger partial charge is 0.224 e. The van der Waals surface area contributed by atoms with E-state index < -0.39 is 0 Å². The van der Waals surface area contributed by atoms with Crippen molar-refractivity contribution < 1.29 is 4.79 Å². The second-order valence-electron chi connectivity index (χ2n) is 11.4. The molecule has 0 fully saturated rings. The van der Waals surface area contributed by atoms with Crippen molar-refractivity contribution in [1.29, 1.82) is 0 Å². The molecule has 0 saturated carbocycles. The third-order valence-electron chi connectivity index (χ3n) is 7.92. The van der Waals surface area contributed by atoms with Gasteiger partial charge in [-0.1, -0.05) is 139 Å². The summed E-state index contributed by atoms with van der Waals surface area (Å²) in [6, 6.07) is 15.8. The molecule has 0 aliphatic heterocycles. The van der Waals surface area contributed by atoms with Crippen LogP contribution in [0.2, 0.25) is 5.02 Å². The number of aromatic nitrogens is 2. The lowest BCUT2D eigenvalue weighted by molar-refractivity contribution is -0.120. The number of para-hydroxylation sites is 2. The number of halogens is 1. The molecule has 1 amide bonds. The van der Waals surface area contributed by atoms with Crippen molar-refractivity contribution in [2.75, 3.05) is 6.54 Å². The molecule has 0 spiro atoms. The summed E-state index contributed by atoms with van der Waals surface area (Å²) in [4.78, 5) is 17.3. The molecular weight excluding hydrogens is 514 g/mol. The van der Waals surface area contributed by atoms with Crippen LogP contribution in [0, 0.1) is 0 Å². The second kappa shape index (κ2) is 19.7. The van der Waals surface area contributed by atoms with Crippen LogP contribution < -0.4 is 5.32 Å². The molecule has 220 valence electrons. The fourth-order valence-electron chi connectivity index (χ4n) is 5.55. The molecule has 5 heteroatoms. The molecule has 0 atom stereocenters. The highest BCUT2D eigenvalue weighted by atomic mass is 35.5. The maximum Gasteiger partial charge on any atom is 0.224 e. The van der Waals surface area contributed by atoms with E-state index in [-0.39, 0.29) is 5.91 Å². The maximum absolute atomic E-state index is 12.4. The Hall–Kier alpha value is -2.33. The Labute approximate surface area is 248 Å². The first-order chi connectivity index (χ1) is 19.7. The minimum atomic E-state index is 0.0304. The maximum atomic E-state index is 12.4. The summed E-state index contributed by atoms with van der Waals surface area (Å²) in [7, 11) is 0. The summed E-state index contributed by atoms with van der Waals surface area (Å²) in [6.45, 7) is 3.87. The van der Waals surface area contributed by atoms with Gasteiger partial charge in [0.1, 0.15) is 5.82 Å². The third-order valence-corrected chi connectivity index (χ3v) is 8.17. The Morgan fingerprint density at radius 1 is 0.750 bits per heavy atom. The lowest BCUT2D eigenvalue weighted by Crippen LogP contribution is -2.28. The number of benzene rings is 2. The number of imidazole rings is 1. The molecule has 2 aromatic carbocycles. The van der Waals surface area contributed by atoms with Gasteiger partial charge in [0.2, 0.25) is 5.91 Å². The number of carbonyl (C=O) groups excluding carboxylic acids is 1. The van der Waals surface area contributed by atoms with E-state index >= 15 is 0 Å². The van der Waals surface area contributed by atoms with E-state index in [1.54, 1.807) is 0 Å². The molecule has 1 N–H and O–H groups in total. The van der Waals surface area contributed by atoms with Crippen molar-refractivity contribution in [2.45, 2.75) is 129 Å². The molecule has 40 heavy (non-hydrogen) atoms. The highest BCUT2D eigenvalue weighted by Crippen LogP contribution is 2.19. The van der Waals surface area contributed by atoms with Gasteiger partial charge in [0.05, 0.1) is 17.5 Å². The molecule has 0 radical (unpaired) electrons. The zero-order valence-electron chi connectivity index (χ0n) is 24.9. The normalized spacial score (nSPS) is 11.3. The van der Waals surface area contributed by atoms with Crippen LogP contribution in [-0.4, -0.2) is 22.0 Å². The molecule has 0 aliphatic carbocycles. The second-order valence-corrected chi connectivity index (χ2v) is 11.8. The molecule has 3 aromatic rings. The van der Waals surface area contributed by atoms with Crippen LogP contribution in [-0.2, 0) is 24.2 Å². The average molecular weight is 566 g/mol. The van der Waals surface area contributed by atoms with Crippen LogP contribution >= 0.6 is 11.6 Å². The van der Waals surface area contributed by atoms with Crippen molar-refractivity contribution in [2.24, 2.45) is 0 Å². The van der Waals surface area contributed by atoms with Crippen molar-refractivity contribution in [3.8, 4) is 0 Å². The van der Waals surface area contributed by atoms with Gasteiger partial charge in [-0.05, 0) is 36.2 Å². The van der Waals surface area contributed by atoms with Gasteiger partial charge < -0.3 is 9.88 Å². The fraction of sp³-hybridized carbons (Fsp3) is 0.600. The van der Waals surface area contributed by atoms with Crippen molar-refractivity contribution >= 4 is 28.5 Å². The van der Waals surface area contributed by atoms with Crippen molar-refractivity contribution in [3.05, 3.63) is 64.9 Å². The molecule has 4 nitrogen and oxygen atoms in total. The van der Waals surface area contributed by atoms with E-state index in [2.05, 4.69) is 35.0 Å². The van der Waals surface area contributed by atoms with Crippen molar-refractivity contribution in [3.63, 3.8) is 0 Å². The predicted molar refractivity (Wildman–Crippen MR) is 171 cm³/mol. The van der Waals surface area contributed by atoms with Gasteiger partial charge in [-0.3, -0.25) is 4.79 Å². The lowest BCUT2D eigenvalue weighted by Gasteiger charge is -2.10. The van der Waals surface area contributed by atoms with Crippen LogP contribution in [0.15, 0.2) is 48.5 Å². The van der Waals surface area contributed by atoms with Gasteiger partial charge in [-0.2, -0.15) is 0 Å². The first-order valence-corrected chi connectivity index (χ1v) is 16.5. The van der Waals surface area contributed by atoms with E-state index in [1.165, 1.54) is 108 Å². The van der Waals surface area contributed by atoms with Gasteiger partial charge >= 0.3 is 0 Å². The van der Waals surface area contributed by atoms with Crippen LogP contribution in [0.1, 0.15) is 121 Å². The first-order valence-electron chi connectivity index (χ1n) is 16.1. The summed E-state index contributed by atoms with van der Waals surface area (Å²) < 4.78 is 2.37. The summed E-state index contributed by atoms with van der Waals surface area (Å²) in [5, 5.41) is 3.75. The Morgan fingerprint density at radius 3 is 1.90 bits per heavy atom. The van der Waals surface area contributed by atoms with Crippen LogP contribution in [0.3, 0.4) is 0 Å². The number of nitrogens with one attached hydrogen (secondary N) is 1. The number of nitrogens with zero attached hydrogens (tertiary/aromatic N) is 2. The molecule has 0 unspecified atom stereocenters. The van der Waals surface area contributed by atoms with Gasteiger partial charge in [0.25, 0.3) is 0 Å². The monoisotopic (exact) mass is 565 g/mol. The molecule has 0 bridgehead atoms. The van der Waals surface area contributed by atoms with Gasteiger partial charge in [-0.25, -0.2) is 4.98 Å². The number of carbonyl (C=O) groups is 1. The Morgan fingerprint density at radius 2 is 1.30 bits per heavy atom. The summed E-state index contributed by atoms with van der Waals surface area (Å²) in [6.07, 6.45) is 23.2.